The number of sulfonamides is 1. The van der Waals surface area contributed by atoms with Gasteiger partial charge in [-0.15, -0.1) is 11.8 Å². The fourth-order valence-electron chi connectivity index (χ4n) is 4.79. The summed E-state index contributed by atoms with van der Waals surface area (Å²) in [6.45, 7) is 12.1. The minimum atomic E-state index is -3.21. The second kappa shape index (κ2) is 10.4. The summed E-state index contributed by atoms with van der Waals surface area (Å²) < 4.78 is 32.3. The topological polar surface area (TPSA) is 131 Å². The molecule has 2 aromatic heterocycles. The van der Waals surface area contributed by atoms with Crippen LogP contribution in [-0.4, -0.2) is 107 Å². The number of nitrogen functional groups attached to an aromatic ring is 1. The van der Waals surface area contributed by atoms with E-state index in [0.29, 0.717) is 37.4 Å². The number of morpholine rings is 1. The van der Waals surface area contributed by atoms with Gasteiger partial charge in [-0.1, -0.05) is 6.92 Å². The summed E-state index contributed by atoms with van der Waals surface area (Å²) in [4.78, 5) is 24.0. The highest BCUT2D eigenvalue weighted by Crippen LogP contribution is 2.49. The maximum Gasteiger partial charge on any atom is 0.219 e. The van der Waals surface area contributed by atoms with E-state index in [1.807, 2.05) is 11.8 Å². The number of piperazine rings is 1. The van der Waals surface area contributed by atoms with Crippen molar-refractivity contribution >= 4 is 33.6 Å². The molecular formula is C23H34N8O3S2. The van der Waals surface area contributed by atoms with Gasteiger partial charge < -0.3 is 15.4 Å². The van der Waals surface area contributed by atoms with E-state index in [9.17, 15) is 8.42 Å². The number of anilines is 2. The predicted molar refractivity (Wildman–Crippen MR) is 141 cm³/mol. The monoisotopic (exact) mass is 534 g/mol. The zero-order valence-electron chi connectivity index (χ0n) is 21.0. The fourth-order valence-corrected chi connectivity index (χ4v) is 7.62. The lowest BCUT2D eigenvalue weighted by molar-refractivity contribution is 0.122. The van der Waals surface area contributed by atoms with Gasteiger partial charge in [-0.2, -0.15) is 4.31 Å². The summed E-state index contributed by atoms with van der Waals surface area (Å²) in [6.07, 6.45) is 3.34. The van der Waals surface area contributed by atoms with Crippen molar-refractivity contribution in [3.63, 3.8) is 0 Å². The van der Waals surface area contributed by atoms with Crippen LogP contribution >= 0.6 is 11.8 Å². The molecule has 5 heterocycles. The van der Waals surface area contributed by atoms with Gasteiger partial charge in [0.2, 0.25) is 16.0 Å². The van der Waals surface area contributed by atoms with Gasteiger partial charge in [-0.3, -0.25) is 4.90 Å². The molecule has 0 aromatic carbocycles. The van der Waals surface area contributed by atoms with Crippen molar-refractivity contribution in [2.24, 2.45) is 0 Å². The number of ether oxygens (including phenoxy) is 1. The third kappa shape index (κ3) is 5.03. The van der Waals surface area contributed by atoms with Gasteiger partial charge in [0, 0.05) is 69.4 Å². The molecule has 3 aliphatic rings. The Morgan fingerprint density at radius 1 is 1.08 bits per heavy atom. The molecule has 11 nitrogen and oxygen atoms in total. The van der Waals surface area contributed by atoms with E-state index in [0.717, 1.165) is 54.7 Å². The van der Waals surface area contributed by atoms with Crippen LogP contribution in [0, 0.1) is 0 Å². The molecule has 0 amide bonds. The first kappa shape index (κ1) is 25.6. The lowest BCUT2D eigenvalue weighted by Crippen LogP contribution is -2.51. The highest BCUT2D eigenvalue weighted by Gasteiger charge is 2.38. The molecule has 2 atom stereocenters. The Bertz CT molecular complexity index is 1180. The number of rotatable bonds is 6. The molecule has 5 rings (SSSR count). The lowest BCUT2D eigenvalue weighted by atomic mass is 10.0. The molecule has 2 unspecified atom stereocenters. The molecule has 36 heavy (non-hydrogen) atoms. The van der Waals surface area contributed by atoms with Crippen LogP contribution in [0.15, 0.2) is 17.3 Å². The van der Waals surface area contributed by atoms with Crippen molar-refractivity contribution in [1.29, 1.82) is 0 Å². The molecule has 0 saturated carbocycles. The standard InChI is InChI=1S/C23H34N8O3S2/c1-15(2)36(32,33)31-6-4-29(5-7-31)14-18-16(3)19-20(35-18)22(30-8-10-34-11-9-30)28-21(27-19)17-12-25-23(24)26-13-17/h12-13,15-16,18H,4-11,14H2,1-3H3,(H2,24,25,26). The summed E-state index contributed by atoms with van der Waals surface area (Å²) in [6, 6.07) is 0. The van der Waals surface area contributed by atoms with Gasteiger partial charge in [0.05, 0.1) is 34.6 Å². The van der Waals surface area contributed by atoms with Gasteiger partial charge in [-0.05, 0) is 13.8 Å². The lowest BCUT2D eigenvalue weighted by Gasteiger charge is -2.36. The Labute approximate surface area is 216 Å². The average Bonchev–Trinajstić information content (AvgIpc) is 3.19. The molecule has 2 saturated heterocycles. The van der Waals surface area contributed by atoms with Crippen LogP contribution in [0.4, 0.5) is 11.8 Å². The van der Waals surface area contributed by atoms with Crippen molar-refractivity contribution in [2.45, 2.75) is 42.1 Å². The molecule has 2 aromatic rings. The van der Waals surface area contributed by atoms with Crippen molar-refractivity contribution in [1.82, 2.24) is 29.1 Å². The first-order valence-corrected chi connectivity index (χ1v) is 14.8. The third-order valence-corrected chi connectivity index (χ3v) is 10.9. The molecule has 0 bridgehead atoms. The van der Waals surface area contributed by atoms with Gasteiger partial charge in [0.15, 0.2) is 5.82 Å². The van der Waals surface area contributed by atoms with Crippen molar-refractivity contribution in [3.8, 4) is 11.4 Å². The highest BCUT2D eigenvalue weighted by molar-refractivity contribution is 8.00. The van der Waals surface area contributed by atoms with E-state index in [-0.39, 0.29) is 17.1 Å². The maximum absolute atomic E-state index is 12.6. The normalized spacial score (nSPS) is 23.8. The maximum atomic E-state index is 12.6. The largest absolute Gasteiger partial charge is 0.378 e. The Balaban J connectivity index is 1.36. The molecule has 13 heteroatoms. The first-order valence-electron chi connectivity index (χ1n) is 12.4. The molecule has 2 N–H and O–H groups in total. The van der Waals surface area contributed by atoms with Gasteiger partial charge in [0.1, 0.15) is 5.82 Å². The van der Waals surface area contributed by atoms with Crippen LogP contribution in [0.1, 0.15) is 32.4 Å². The minimum Gasteiger partial charge on any atom is -0.378 e. The summed E-state index contributed by atoms with van der Waals surface area (Å²) in [7, 11) is -3.21. The van der Waals surface area contributed by atoms with E-state index in [4.69, 9.17) is 20.4 Å². The molecule has 0 spiro atoms. The Morgan fingerprint density at radius 2 is 1.75 bits per heavy atom. The zero-order chi connectivity index (χ0) is 25.4. The van der Waals surface area contributed by atoms with Crippen LogP contribution in [-0.2, 0) is 14.8 Å². The van der Waals surface area contributed by atoms with E-state index in [1.165, 1.54) is 0 Å². The predicted octanol–water partition coefficient (Wildman–Crippen LogP) is 1.29. The summed E-state index contributed by atoms with van der Waals surface area (Å²) in [5.41, 5.74) is 7.48. The molecule has 0 radical (unpaired) electrons. The second-order valence-corrected chi connectivity index (χ2v) is 13.5. The number of hydrogen-bond acceptors (Lipinski definition) is 11. The summed E-state index contributed by atoms with van der Waals surface area (Å²) in [5, 5.41) is -0.0814. The second-order valence-electron chi connectivity index (χ2n) is 9.75. The van der Waals surface area contributed by atoms with Crippen molar-refractivity contribution in [2.75, 3.05) is 69.7 Å². The number of hydrogen-bond donors (Lipinski definition) is 1. The number of nitrogens with two attached hydrogens (primary N) is 1. The minimum absolute atomic E-state index is 0.221. The van der Waals surface area contributed by atoms with E-state index >= 15 is 0 Å². The summed E-state index contributed by atoms with van der Waals surface area (Å²) in [5.74, 6) is 2.00. The van der Waals surface area contributed by atoms with E-state index < -0.39 is 10.0 Å². The van der Waals surface area contributed by atoms with E-state index in [2.05, 4.69) is 26.7 Å². The Kier molecular flexibility index (Phi) is 7.37. The quantitative estimate of drug-likeness (QED) is 0.575. The van der Waals surface area contributed by atoms with Crippen molar-refractivity contribution < 1.29 is 13.2 Å². The summed E-state index contributed by atoms with van der Waals surface area (Å²) >= 11 is 1.84. The molecular weight excluding hydrogens is 500 g/mol. The number of thioether (sulfide) groups is 1. The van der Waals surface area contributed by atoms with Crippen molar-refractivity contribution in [3.05, 3.63) is 18.1 Å². The number of aromatic nitrogens is 4. The molecule has 3 aliphatic heterocycles. The van der Waals surface area contributed by atoms with Crippen LogP contribution in [0.25, 0.3) is 11.4 Å². The zero-order valence-corrected chi connectivity index (χ0v) is 22.6. The average molecular weight is 535 g/mol. The van der Waals surface area contributed by atoms with Gasteiger partial charge in [-0.25, -0.2) is 28.4 Å². The Hall–Kier alpha value is -2.06. The highest BCUT2D eigenvalue weighted by atomic mass is 32.2. The van der Waals surface area contributed by atoms with Crippen LogP contribution in [0.3, 0.4) is 0 Å². The fraction of sp³-hybridized carbons (Fsp3) is 0.652. The molecule has 0 aliphatic carbocycles. The van der Waals surface area contributed by atoms with Gasteiger partial charge >= 0.3 is 0 Å². The number of fused-ring (bicyclic) bond motifs is 1. The SMILES string of the molecule is CC1c2nc(-c3cnc(N)nc3)nc(N3CCOCC3)c2SC1CN1CCN(S(=O)(=O)C(C)C)CC1. The molecule has 196 valence electrons. The Morgan fingerprint density at radius 3 is 2.39 bits per heavy atom. The van der Waals surface area contributed by atoms with Crippen LogP contribution in [0.5, 0.6) is 0 Å². The van der Waals surface area contributed by atoms with Crippen LogP contribution in [0.2, 0.25) is 0 Å². The van der Waals surface area contributed by atoms with Gasteiger partial charge in [0.25, 0.3) is 0 Å². The first-order chi connectivity index (χ1) is 17.2. The molecule has 2 fully saturated rings. The third-order valence-electron chi connectivity index (χ3n) is 7.10. The number of nitrogens with zero attached hydrogens (tertiary/aromatic N) is 7. The van der Waals surface area contributed by atoms with Crippen LogP contribution < -0.4 is 10.6 Å². The smallest absolute Gasteiger partial charge is 0.219 e. The van der Waals surface area contributed by atoms with E-state index in [1.54, 1.807) is 30.5 Å².